The monoisotopic (exact) mass is 1090 g/mol. The minimum atomic E-state index is -0.777. The lowest BCUT2D eigenvalue weighted by Gasteiger charge is -2.18. The van der Waals surface area contributed by atoms with Crippen molar-refractivity contribution in [1.82, 2.24) is 0 Å². The Labute approximate surface area is 484 Å². The number of hydrogen-bond acceptors (Lipinski definition) is 6. The molecule has 6 heteroatoms. The van der Waals surface area contributed by atoms with Crippen LogP contribution >= 0.6 is 0 Å². The third kappa shape index (κ3) is 63.4. The van der Waals surface area contributed by atoms with Gasteiger partial charge in [0.05, 0.1) is 0 Å². The fourth-order valence-electron chi connectivity index (χ4n) is 9.62. The summed E-state index contributed by atoms with van der Waals surface area (Å²) in [4.78, 5) is 38.1. The molecule has 0 saturated heterocycles. The van der Waals surface area contributed by atoms with Crippen molar-refractivity contribution in [1.29, 1.82) is 0 Å². The molecule has 78 heavy (non-hydrogen) atoms. The zero-order chi connectivity index (χ0) is 56.4. The van der Waals surface area contributed by atoms with Crippen LogP contribution in [0.4, 0.5) is 0 Å². The molecular formula is C72H126O6. The molecule has 0 rings (SSSR count). The van der Waals surface area contributed by atoms with E-state index in [1.807, 2.05) is 0 Å². The quantitative estimate of drug-likeness (QED) is 0.0261. The largest absolute Gasteiger partial charge is 0.462 e. The molecule has 1 atom stereocenters. The number of allylic oxidation sites excluding steroid dienone is 14. The molecular weight excluding hydrogens is 961 g/mol. The van der Waals surface area contributed by atoms with Crippen molar-refractivity contribution in [2.75, 3.05) is 13.2 Å². The lowest BCUT2D eigenvalue weighted by atomic mass is 10.0. The van der Waals surface area contributed by atoms with E-state index in [4.69, 9.17) is 14.2 Å². The highest BCUT2D eigenvalue weighted by Gasteiger charge is 2.19. The predicted octanol–water partition coefficient (Wildman–Crippen LogP) is 23.1. The number of carbonyl (C=O) groups excluding carboxylic acids is 3. The van der Waals surface area contributed by atoms with Gasteiger partial charge in [-0.25, -0.2) is 0 Å². The molecule has 0 heterocycles. The number of esters is 3. The summed E-state index contributed by atoms with van der Waals surface area (Å²) in [5.41, 5.74) is 0. The topological polar surface area (TPSA) is 78.9 Å². The summed E-state index contributed by atoms with van der Waals surface area (Å²) in [6.45, 7) is 6.49. The molecule has 0 aromatic heterocycles. The molecule has 0 aromatic carbocycles. The summed E-state index contributed by atoms with van der Waals surface area (Å²) in [5.74, 6) is -0.879. The number of carbonyl (C=O) groups is 3. The van der Waals surface area contributed by atoms with Gasteiger partial charge in [0.1, 0.15) is 13.2 Å². The van der Waals surface area contributed by atoms with E-state index in [2.05, 4.69) is 106 Å². The van der Waals surface area contributed by atoms with Gasteiger partial charge in [-0.2, -0.15) is 0 Å². The van der Waals surface area contributed by atoms with E-state index in [9.17, 15) is 14.4 Å². The number of hydrogen-bond donors (Lipinski definition) is 0. The second-order valence-electron chi connectivity index (χ2n) is 22.4. The highest BCUT2D eigenvalue weighted by atomic mass is 16.6. The third-order valence-electron chi connectivity index (χ3n) is 14.6. The maximum atomic E-state index is 12.9. The van der Waals surface area contributed by atoms with Gasteiger partial charge in [-0.3, -0.25) is 14.4 Å². The van der Waals surface area contributed by atoms with Crippen molar-refractivity contribution in [2.45, 2.75) is 341 Å². The Morgan fingerprint density at radius 1 is 0.269 bits per heavy atom. The average molecular weight is 1090 g/mol. The molecule has 6 nitrogen and oxygen atoms in total. The standard InChI is InChI=1S/C72H126O6/c1-4-7-10-13-16-18-20-22-24-26-28-30-32-34-35-36-37-39-40-42-44-46-48-50-52-54-56-59-62-65-71(74)77-68-69(67-76-70(73)64-61-58-15-12-9-6-3)78-72(75)66-63-60-57-55-53-51-49-47-45-43-41-38-33-31-29-27-25-23-21-19-17-14-11-8-5-2/h8,11,17,19-20,22-23,25-26,28-29,31,38,41,69H,4-7,9-10,12-16,18,21,24,27,30,32-37,39-40,42-68H2,1-3H3/b11-8-,19-17-,22-20-,25-23-,28-26-,31-29-,41-38-. The van der Waals surface area contributed by atoms with Crippen molar-refractivity contribution in [3.8, 4) is 0 Å². The molecule has 0 aliphatic carbocycles. The van der Waals surface area contributed by atoms with Crippen molar-refractivity contribution in [3.05, 3.63) is 85.1 Å². The van der Waals surface area contributed by atoms with E-state index in [0.29, 0.717) is 19.3 Å². The van der Waals surface area contributed by atoms with E-state index in [0.717, 1.165) is 103 Å². The molecule has 0 saturated carbocycles. The smallest absolute Gasteiger partial charge is 0.306 e. The van der Waals surface area contributed by atoms with Gasteiger partial charge in [-0.1, -0.05) is 305 Å². The van der Waals surface area contributed by atoms with Crippen LogP contribution in [-0.2, 0) is 28.6 Å². The minimum absolute atomic E-state index is 0.0759. The lowest BCUT2D eigenvalue weighted by molar-refractivity contribution is -0.167. The highest BCUT2D eigenvalue weighted by molar-refractivity contribution is 5.71. The molecule has 1 unspecified atom stereocenters. The van der Waals surface area contributed by atoms with Crippen LogP contribution in [0.2, 0.25) is 0 Å². The van der Waals surface area contributed by atoms with Crippen LogP contribution in [0.15, 0.2) is 85.1 Å². The van der Waals surface area contributed by atoms with Gasteiger partial charge in [0.15, 0.2) is 6.10 Å². The van der Waals surface area contributed by atoms with Crippen molar-refractivity contribution < 1.29 is 28.6 Å². The second-order valence-corrected chi connectivity index (χ2v) is 22.4. The molecule has 450 valence electrons. The van der Waals surface area contributed by atoms with Gasteiger partial charge in [0.2, 0.25) is 0 Å². The van der Waals surface area contributed by atoms with Crippen LogP contribution in [0.5, 0.6) is 0 Å². The fraction of sp³-hybridized carbons (Fsp3) is 0.764. The molecule has 0 aliphatic heterocycles. The van der Waals surface area contributed by atoms with Gasteiger partial charge in [0.25, 0.3) is 0 Å². The molecule has 0 aromatic rings. The molecule has 0 radical (unpaired) electrons. The normalized spacial score (nSPS) is 12.6. The zero-order valence-corrected chi connectivity index (χ0v) is 51.7. The minimum Gasteiger partial charge on any atom is -0.462 e. The van der Waals surface area contributed by atoms with Gasteiger partial charge >= 0.3 is 17.9 Å². The maximum Gasteiger partial charge on any atom is 0.306 e. The van der Waals surface area contributed by atoms with Crippen LogP contribution in [0.25, 0.3) is 0 Å². The maximum absolute atomic E-state index is 12.9. The van der Waals surface area contributed by atoms with Crippen molar-refractivity contribution in [2.24, 2.45) is 0 Å². The number of rotatable bonds is 61. The van der Waals surface area contributed by atoms with Crippen LogP contribution in [0.1, 0.15) is 335 Å². The summed E-state index contributed by atoms with van der Waals surface area (Å²) in [6.07, 6.45) is 87.8. The average Bonchev–Trinajstić information content (AvgIpc) is 3.44. The van der Waals surface area contributed by atoms with Crippen LogP contribution < -0.4 is 0 Å². The van der Waals surface area contributed by atoms with Crippen LogP contribution in [0.3, 0.4) is 0 Å². The lowest BCUT2D eigenvalue weighted by Crippen LogP contribution is -2.30. The molecule has 0 amide bonds. The number of ether oxygens (including phenoxy) is 3. The van der Waals surface area contributed by atoms with Gasteiger partial charge in [0, 0.05) is 19.3 Å². The first-order valence-corrected chi connectivity index (χ1v) is 33.6. The summed E-state index contributed by atoms with van der Waals surface area (Å²) >= 11 is 0. The Kier molecular flexibility index (Phi) is 63.2. The first kappa shape index (κ1) is 74.6. The number of unbranched alkanes of at least 4 members (excludes halogenated alkanes) is 36. The van der Waals surface area contributed by atoms with E-state index in [-0.39, 0.29) is 31.1 Å². The summed E-state index contributed by atoms with van der Waals surface area (Å²) in [5, 5.41) is 0. The first-order chi connectivity index (χ1) is 38.5. The molecule has 0 N–H and O–H groups in total. The van der Waals surface area contributed by atoms with Crippen LogP contribution in [-0.4, -0.2) is 37.2 Å². The second kappa shape index (κ2) is 66.1. The van der Waals surface area contributed by atoms with Crippen LogP contribution in [0, 0.1) is 0 Å². The third-order valence-corrected chi connectivity index (χ3v) is 14.6. The zero-order valence-electron chi connectivity index (χ0n) is 51.7. The van der Waals surface area contributed by atoms with Gasteiger partial charge in [-0.15, -0.1) is 0 Å². The van der Waals surface area contributed by atoms with Gasteiger partial charge < -0.3 is 14.2 Å². The summed E-state index contributed by atoms with van der Waals surface area (Å²) in [6, 6.07) is 0. The van der Waals surface area contributed by atoms with E-state index < -0.39 is 6.10 Å². The Bertz CT molecular complexity index is 1480. The van der Waals surface area contributed by atoms with E-state index in [1.54, 1.807) is 0 Å². The molecule has 0 fully saturated rings. The van der Waals surface area contributed by atoms with Crippen molar-refractivity contribution >= 4 is 17.9 Å². The molecule has 0 spiro atoms. The summed E-state index contributed by atoms with van der Waals surface area (Å²) < 4.78 is 16.8. The van der Waals surface area contributed by atoms with Crippen molar-refractivity contribution in [3.63, 3.8) is 0 Å². The molecule has 0 aliphatic rings. The Balaban J connectivity index is 4.05. The highest BCUT2D eigenvalue weighted by Crippen LogP contribution is 2.17. The van der Waals surface area contributed by atoms with E-state index in [1.165, 1.54) is 193 Å². The fourth-order valence-corrected chi connectivity index (χ4v) is 9.62. The first-order valence-electron chi connectivity index (χ1n) is 33.6. The van der Waals surface area contributed by atoms with Gasteiger partial charge in [-0.05, 0) is 96.3 Å². The Hall–Kier alpha value is -3.41. The Morgan fingerprint density at radius 2 is 0.500 bits per heavy atom. The summed E-state index contributed by atoms with van der Waals surface area (Å²) in [7, 11) is 0. The Morgan fingerprint density at radius 3 is 0.782 bits per heavy atom. The van der Waals surface area contributed by atoms with E-state index >= 15 is 0 Å². The SMILES string of the molecule is CC/C=C\C/C=C\C/C=C\C/C=C\C/C=C\CCCCCCCCCCCC(=O)OC(COC(=O)CCCCCCCC)COC(=O)CCCCCCCCCCCCCCCCCCC/C=C\C/C=C\CCCCCCC. The molecule has 0 bridgehead atoms. The predicted molar refractivity (Wildman–Crippen MR) is 339 cm³/mol.